The highest BCUT2D eigenvalue weighted by atomic mass is 35.7. The van der Waals surface area contributed by atoms with Gasteiger partial charge in [-0.15, -0.1) is 0 Å². The van der Waals surface area contributed by atoms with Gasteiger partial charge in [0.25, 0.3) is 15.0 Å². The third kappa shape index (κ3) is 4.05. The van der Waals surface area contributed by atoms with Gasteiger partial charge in [0.2, 0.25) is 0 Å². The van der Waals surface area contributed by atoms with Crippen molar-refractivity contribution in [1.29, 1.82) is 0 Å². The lowest BCUT2D eigenvalue weighted by Crippen LogP contribution is -2.27. The summed E-state index contributed by atoms with van der Waals surface area (Å²) in [6.45, 7) is 0.213. The van der Waals surface area contributed by atoms with Gasteiger partial charge in [-0.3, -0.25) is 4.79 Å². The Bertz CT molecular complexity index is 744. The number of carbonyl (C=O) groups excluding carboxylic acids is 1. The highest BCUT2D eigenvalue weighted by molar-refractivity contribution is 8.13. The van der Waals surface area contributed by atoms with Crippen LogP contribution in [0.1, 0.15) is 16.1 Å². The van der Waals surface area contributed by atoms with E-state index in [4.69, 9.17) is 15.1 Å². The van der Waals surface area contributed by atoms with Crippen LogP contribution in [0.5, 0.6) is 0 Å². The average molecular weight is 332 g/mol. The summed E-state index contributed by atoms with van der Waals surface area (Å²) in [5.41, 5.74) is -0.329. The van der Waals surface area contributed by atoms with Crippen molar-refractivity contribution in [2.75, 3.05) is 6.54 Å². The third-order valence-electron chi connectivity index (χ3n) is 2.69. The highest BCUT2D eigenvalue weighted by Crippen LogP contribution is 2.21. The number of hydrogen-bond acceptors (Lipinski definition) is 4. The van der Waals surface area contributed by atoms with Crippen molar-refractivity contribution in [2.45, 2.75) is 11.3 Å². The summed E-state index contributed by atoms with van der Waals surface area (Å²) >= 11 is 0. The molecule has 0 spiro atoms. The fourth-order valence-corrected chi connectivity index (χ4v) is 2.79. The molecule has 0 aliphatic heterocycles. The van der Waals surface area contributed by atoms with Gasteiger partial charge in [0.1, 0.15) is 11.6 Å². The maximum atomic E-state index is 13.2. The molecule has 0 unspecified atom stereocenters. The summed E-state index contributed by atoms with van der Waals surface area (Å²) < 4.78 is 41.1. The topological polar surface area (TPSA) is 76.4 Å². The first-order chi connectivity index (χ1) is 9.88. The molecule has 1 aromatic carbocycles. The van der Waals surface area contributed by atoms with Crippen LogP contribution in [0.4, 0.5) is 4.39 Å². The monoisotopic (exact) mass is 331 g/mol. The van der Waals surface area contributed by atoms with Gasteiger partial charge in [-0.1, -0.05) is 0 Å². The van der Waals surface area contributed by atoms with Crippen molar-refractivity contribution in [3.63, 3.8) is 0 Å². The summed E-state index contributed by atoms with van der Waals surface area (Å²) in [6.07, 6.45) is 1.93. The zero-order valence-electron chi connectivity index (χ0n) is 10.7. The summed E-state index contributed by atoms with van der Waals surface area (Å²) in [7, 11) is 1.09. The SMILES string of the molecule is O=C(NCCc1ccco1)c1cc(F)ccc1S(=O)(=O)Cl. The van der Waals surface area contributed by atoms with E-state index < -0.39 is 25.7 Å². The maximum Gasteiger partial charge on any atom is 0.262 e. The first-order valence-corrected chi connectivity index (χ1v) is 8.23. The summed E-state index contributed by atoms with van der Waals surface area (Å²) in [6, 6.07) is 6.16. The minimum Gasteiger partial charge on any atom is -0.469 e. The second-order valence-electron chi connectivity index (χ2n) is 4.16. The van der Waals surface area contributed by atoms with Crippen molar-refractivity contribution in [3.8, 4) is 0 Å². The van der Waals surface area contributed by atoms with E-state index in [2.05, 4.69) is 5.32 Å². The molecule has 0 atom stereocenters. The lowest BCUT2D eigenvalue weighted by Gasteiger charge is -2.08. The Morgan fingerprint density at radius 2 is 2.10 bits per heavy atom. The van der Waals surface area contributed by atoms with Crippen LogP contribution in [-0.4, -0.2) is 20.9 Å². The van der Waals surface area contributed by atoms with Gasteiger partial charge in [0, 0.05) is 23.6 Å². The molecule has 1 amide bonds. The van der Waals surface area contributed by atoms with E-state index >= 15 is 0 Å². The minimum absolute atomic E-state index is 0.213. The molecular formula is C13H11ClFNO4S. The molecule has 1 heterocycles. The van der Waals surface area contributed by atoms with E-state index in [1.165, 1.54) is 6.26 Å². The molecule has 5 nitrogen and oxygen atoms in total. The Morgan fingerprint density at radius 3 is 2.71 bits per heavy atom. The van der Waals surface area contributed by atoms with Gasteiger partial charge < -0.3 is 9.73 Å². The lowest BCUT2D eigenvalue weighted by molar-refractivity contribution is 0.0950. The molecule has 0 bridgehead atoms. The molecule has 0 saturated heterocycles. The van der Waals surface area contributed by atoms with Gasteiger partial charge in [-0.2, -0.15) is 0 Å². The molecule has 8 heteroatoms. The second-order valence-corrected chi connectivity index (χ2v) is 6.70. The zero-order chi connectivity index (χ0) is 15.5. The van der Waals surface area contributed by atoms with Gasteiger partial charge >= 0.3 is 0 Å². The number of nitrogens with one attached hydrogen (secondary N) is 1. The van der Waals surface area contributed by atoms with Crippen LogP contribution in [-0.2, 0) is 15.5 Å². The number of hydrogen-bond donors (Lipinski definition) is 1. The number of carbonyl (C=O) groups is 1. The molecule has 0 fully saturated rings. The number of rotatable bonds is 5. The lowest BCUT2D eigenvalue weighted by atomic mass is 10.2. The van der Waals surface area contributed by atoms with Crippen molar-refractivity contribution < 1.29 is 22.0 Å². The minimum atomic E-state index is -4.14. The van der Waals surface area contributed by atoms with Crippen LogP contribution in [0.25, 0.3) is 0 Å². The van der Waals surface area contributed by atoms with Crippen molar-refractivity contribution >= 4 is 25.6 Å². The smallest absolute Gasteiger partial charge is 0.262 e. The maximum absolute atomic E-state index is 13.2. The van der Waals surface area contributed by atoms with Crippen molar-refractivity contribution in [2.24, 2.45) is 0 Å². The first-order valence-electron chi connectivity index (χ1n) is 5.93. The van der Waals surface area contributed by atoms with Crippen LogP contribution in [0, 0.1) is 5.82 Å². The van der Waals surface area contributed by atoms with E-state index in [1.807, 2.05) is 0 Å². The fraction of sp³-hybridized carbons (Fsp3) is 0.154. The van der Waals surface area contributed by atoms with E-state index in [1.54, 1.807) is 12.1 Å². The number of furan rings is 1. The Labute approximate surface area is 125 Å². The molecule has 2 aromatic rings. The van der Waals surface area contributed by atoms with E-state index in [0.717, 1.165) is 18.2 Å². The van der Waals surface area contributed by atoms with Crippen LogP contribution in [0.2, 0.25) is 0 Å². The Balaban J connectivity index is 2.13. The summed E-state index contributed by atoms with van der Waals surface area (Å²) in [5, 5.41) is 2.49. The molecule has 1 aromatic heterocycles. The second kappa shape index (κ2) is 6.28. The predicted octanol–water partition coefficient (Wildman–Crippen LogP) is 2.32. The molecule has 0 radical (unpaired) electrons. The molecule has 2 rings (SSSR count). The molecule has 0 saturated carbocycles. The van der Waals surface area contributed by atoms with Gasteiger partial charge in [0.15, 0.2) is 0 Å². The van der Waals surface area contributed by atoms with Gasteiger partial charge in [0.05, 0.1) is 16.7 Å². The highest BCUT2D eigenvalue weighted by Gasteiger charge is 2.21. The number of amides is 1. The van der Waals surface area contributed by atoms with Crippen molar-refractivity contribution in [3.05, 3.63) is 53.7 Å². The zero-order valence-corrected chi connectivity index (χ0v) is 12.2. The van der Waals surface area contributed by atoms with Crippen LogP contribution < -0.4 is 5.32 Å². The van der Waals surface area contributed by atoms with Crippen LogP contribution in [0.3, 0.4) is 0 Å². The molecule has 112 valence electrons. The fourth-order valence-electron chi connectivity index (χ4n) is 1.74. The standard InChI is InChI=1S/C13H11ClFNO4S/c14-21(18,19)12-4-3-9(15)8-11(12)13(17)16-6-5-10-2-1-7-20-10/h1-4,7-8H,5-6H2,(H,16,17). The predicted molar refractivity (Wildman–Crippen MR) is 74.2 cm³/mol. The van der Waals surface area contributed by atoms with Crippen LogP contribution in [0.15, 0.2) is 45.9 Å². The number of halogens is 2. The largest absolute Gasteiger partial charge is 0.469 e. The van der Waals surface area contributed by atoms with E-state index in [-0.39, 0.29) is 12.1 Å². The molecule has 21 heavy (non-hydrogen) atoms. The molecular weight excluding hydrogens is 321 g/mol. The molecule has 1 N–H and O–H groups in total. The Hall–Kier alpha value is -1.86. The number of benzene rings is 1. The Morgan fingerprint density at radius 1 is 1.33 bits per heavy atom. The summed E-state index contributed by atoms with van der Waals surface area (Å²) in [5.74, 6) is -0.782. The summed E-state index contributed by atoms with van der Waals surface area (Å²) in [4.78, 5) is 11.5. The molecule has 0 aliphatic carbocycles. The Kier molecular flexibility index (Phi) is 4.64. The first kappa shape index (κ1) is 15.5. The van der Waals surface area contributed by atoms with E-state index in [0.29, 0.717) is 12.2 Å². The van der Waals surface area contributed by atoms with E-state index in [9.17, 15) is 17.6 Å². The average Bonchev–Trinajstić information content (AvgIpc) is 2.90. The quantitative estimate of drug-likeness (QED) is 0.853. The van der Waals surface area contributed by atoms with Crippen LogP contribution >= 0.6 is 10.7 Å². The third-order valence-corrected chi connectivity index (χ3v) is 4.07. The van der Waals surface area contributed by atoms with Gasteiger partial charge in [-0.05, 0) is 30.3 Å². The van der Waals surface area contributed by atoms with Gasteiger partial charge in [-0.25, -0.2) is 12.8 Å². The normalized spacial score (nSPS) is 11.3. The van der Waals surface area contributed by atoms with Crippen molar-refractivity contribution in [1.82, 2.24) is 5.32 Å². The molecule has 0 aliphatic rings.